The summed E-state index contributed by atoms with van der Waals surface area (Å²) in [5, 5.41) is 8.50. The average Bonchev–Trinajstić information content (AvgIpc) is 2.68. The molecule has 0 heterocycles. The van der Waals surface area contributed by atoms with E-state index < -0.39 is 23.9 Å². The molecule has 1 N–H and O–H groups in total. The maximum Gasteiger partial charge on any atom is 0.338 e. The number of hydrogen-bond donors (Lipinski definition) is 1. The highest BCUT2D eigenvalue weighted by Crippen LogP contribution is 2.08. The van der Waals surface area contributed by atoms with Gasteiger partial charge in [0.15, 0.2) is 0 Å². The minimum Gasteiger partial charge on any atom is -0.481 e. The first kappa shape index (κ1) is 23.1. The summed E-state index contributed by atoms with van der Waals surface area (Å²) in [6, 6.07) is 5.91. The summed E-state index contributed by atoms with van der Waals surface area (Å²) >= 11 is 0. The molecule has 0 aliphatic rings. The summed E-state index contributed by atoms with van der Waals surface area (Å²) in [5.74, 6) is -2.40. The zero-order valence-electron chi connectivity index (χ0n) is 16.0. The smallest absolute Gasteiger partial charge is 0.338 e. The number of hydrogen-bond acceptors (Lipinski definition) is 7. The van der Waals surface area contributed by atoms with Crippen LogP contribution in [0.4, 0.5) is 0 Å². The van der Waals surface area contributed by atoms with Crippen LogP contribution in [0.5, 0.6) is 0 Å². The second-order valence-corrected chi connectivity index (χ2v) is 6.02. The lowest BCUT2D eigenvalue weighted by atomic mass is 10.1. The number of unbranched alkanes of at least 4 members (excludes halogenated alkanes) is 2. The molecule has 0 bridgehead atoms. The van der Waals surface area contributed by atoms with Crippen LogP contribution in [-0.2, 0) is 23.8 Å². The molecule has 0 unspecified atom stereocenters. The van der Waals surface area contributed by atoms with Crippen LogP contribution in [0.1, 0.15) is 66.2 Å². The van der Waals surface area contributed by atoms with Gasteiger partial charge in [0.1, 0.15) is 13.2 Å². The molecule has 0 fully saturated rings. The molecule has 0 radical (unpaired) electrons. The van der Waals surface area contributed by atoms with E-state index in [1.54, 1.807) is 0 Å². The molecule has 0 aliphatic carbocycles. The molecule has 8 heteroatoms. The number of carbonyl (C=O) groups excluding carboxylic acids is 3. The summed E-state index contributed by atoms with van der Waals surface area (Å²) < 4.78 is 15.0. The molecular formula is C20H26O8. The van der Waals surface area contributed by atoms with Crippen molar-refractivity contribution in [2.75, 3.05) is 19.8 Å². The predicted octanol–water partition coefficient (Wildman–Crippen LogP) is 2.99. The van der Waals surface area contributed by atoms with Gasteiger partial charge < -0.3 is 19.3 Å². The third-order valence-electron chi connectivity index (χ3n) is 3.69. The van der Waals surface area contributed by atoms with E-state index in [0.717, 1.165) is 12.8 Å². The standard InChI is InChI=1S/C20H26O8/c1-2-3-12-27-19(24)15-8-10-16(11-9-15)20(25)28-14-13-26-18(23)7-5-4-6-17(21)22/h8-11H,2-7,12-14H2,1H3,(H,21,22). The molecule has 0 aliphatic heterocycles. The minimum atomic E-state index is -0.901. The van der Waals surface area contributed by atoms with Crippen molar-refractivity contribution in [3.63, 3.8) is 0 Å². The summed E-state index contributed by atoms with van der Waals surface area (Å²) in [5.41, 5.74) is 0.620. The van der Waals surface area contributed by atoms with Gasteiger partial charge in [-0.05, 0) is 43.5 Å². The van der Waals surface area contributed by atoms with Crippen molar-refractivity contribution in [2.45, 2.75) is 45.4 Å². The van der Waals surface area contributed by atoms with Gasteiger partial charge in [0.25, 0.3) is 0 Å². The van der Waals surface area contributed by atoms with Crippen LogP contribution >= 0.6 is 0 Å². The van der Waals surface area contributed by atoms with Crippen LogP contribution in [0, 0.1) is 0 Å². The number of ether oxygens (including phenoxy) is 3. The number of carboxylic acid groups (broad SMARTS) is 1. The zero-order chi connectivity index (χ0) is 20.8. The number of benzene rings is 1. The Morgan fingerprint density at radius 1 is 0.750 bits per heavy atom. The molecule has 0 amide bonds. The SMILES string of the molecule is CCCCOC(=O)c1ccc(C(=O)OCCOC(=O)CCCCC(=O)O)cc1. The molecule has 0 saturated heterocycles. The number of aliphatic carboxylic acids is 1. The number of carbonyl (C=O) groups is 4. The van der Waals surface area contributed by atoms with Crippen molar-refractivity contribution in [1.82, 2.24) is 0 Å². The lowest BCUT2D eigenvalue weighted by Gasteiger charge is -2.07. The van der Waals surface area contributed by atoms with Gasteiger partial charge in [-0.2, -0.15) is 0 Å². The molecule has 28 heavy (non-hydrogen) atoms. The molecule has 154 valence electrons. The highest BCUT2D eigenvalue weighted by Gasteiger charge is 2.11. The summed E-state index contributed by atoms with van der Waals surface area (Å²) in [6.45, 7) is 2.18. The Balaban J connectivity index is 2.25. The highest BCUT2D eigenvalue weighted by atomic mass is 16.6. The summed E-state index contributed by atoms with van der Waals surface area (Å²) in [4.78, 5) is 45.5. The fourth-order valence-electron chi connectivity index (χ4n) is 2.13. The third-order valence-corrected chi connectivity index (χ3v) is 3.69. The van der Waals surface area contributed by atoms with Gasteiger partial charge in [-0.3, -0.25) is 9.59 Å². The molecule has 0 atom stereocenters. The van der Waals surface area contributed by atoms with E-state index in [1.165, 1.54) is 24.3 Å². The average molecular weight is 394 g/mol. The van der Waals surface area contributed by atoms with Crippen molar-refractivity contribution in [3.8, 4) is 0 Å². The van der Waals surface area contributed by atoms with Gasteiger partial charge in [0.2, 0.25) is 0 Å². The van der Waals surface area contributed by atoms with Gasteiger partial charge in [-0.1, -0.05) is 13.3 Å². The molecule has 1 aromatic carbocycles. The van der Waals surface area contributed by atoms with E-state index in [2.05, 4.69) is 0 Å². The summed E-state index contributed by atoms with van der Waals surface area (Å²) in [7, 11) is 0. The van der Waals surface area contributed by atoms with Crippen LogP contribution in [0.3, 0.4) is 0 Å². The first-order chi connectivity index (χ1) is 13.4. The fraction of sp³-hybridized carbons (Fsp3) is 0.500. The Kier molecular flexibility index (Phi) is 11.0. The molecule has 1 rings (SSSR count). The monoisotopic (exact) mass is 394 g/mol. The highest BCUT2D eigenvalue weighted by molar-refractivity contribution is 5.93. The fourth-order valence-corrected chi connectivity index (χ4v) is 2.13. The maximum absolute atomic E-state index is 11.9. The van der Waals surface area contributed by atoms with E-state index in [-0.39, 0.29) is 31.6 Å². The molecule has 8 nitrogen and oxygen atoms in total. The number of esters is 3. The van der Waals surface area contributed by atoms with Gasteiger partial charge in [-0.25, -0.2) is 9.59 Å². The molecule has 0 spiro atoms. The topological polar surface area (TPSA) is 116 Å². The number of rotatable bonds is 13. The summed E-state index contributed by atoms with van der Waals surface area (Å²) in [6.07, 6.45) is 2.69. The molecular weight excluding hydrogens is 368 g/mol. The second kappa shape index (κ2) is 13.3. The second-order valence-electron chi connectivity index (χ2n) is 6.02. The minimum absolute atomic E-state index is 0.0140. The van der Waals surface area contributed by atoms with Gasteiger partial charge in [-0.15, -0.1) is 0 Å². The van der Waals surface area contributed by atoms with E-state index in [0.29, 0.717) is 25.0 Å². The van der Waals surface area contributed by atoms with Gasteiger partial charge >= 0.3 is 23.9 Å². The van der Waals surface area contributed by atoms with Crippen molar-refractivity contribution >= 4 is 23.9 Å². The van der Waals surface area contributed by atoms with E-state index in [9.17, 15) is 19.2 Å². The largest absolute Gasteiger partial charge is 0.481 e. The van der Waals surface area contributed by atoms with Crippen molar-refractivity contribution in [2.24, 2.45) is 0 Å². The van der Waals surface area contributed by atoms with Gasteiger partial charge in [0, 0.05) is 12.8 Å². The molecule has 0 saturated carbocycles. The third kappa shape index (κ3) is 9.70. The Bertz CT molecular complexity index is 651. The van der Waals surface area contributed by atoms with Crippen LogP contribution in [0.15, 0.2) is 24.3 Å². The Hall–Kier alpha value is -2.90. The molecule has 1 aromatic rings. The van der Waals surface area contributed by atoms with E-state index in [4.69, 9.17) is 19.3 Å². The molecule has 0 aromatic heterocycles. The Morgan fingerprint density at radius 3 is 1.79 bits per heavy atom. The Morgan fingerprint density at radius 2 is 1.25 bits per heavy atom. The van der Waals surface area contributed by atoms with Crippen molar-refractivity contribution < 1.29 is 38.5 Å². The quantitative estimate of drug-likeness (QED) is 0.308. The number of carboxylic acids is 1. The first-order valence-corrected chi connectivity index (χ1v) is 9.25. The normalized spacial score (nSPS) is 10.2. The predicted molar refractivity (Wildman–Crippen MR) is 99.0 cm³/mol. The van der Waals surface area contributed by atoms with Crippen molar-refractivity contribution in [1.29, 1.82) is 0 Å². The lowest BCUT2D eigenvalue weighted by Crippen LogP contribution is -2.14. The van der Waals surface area contributed by atoms with Crippen LogP contribution in [-0.4, -0.2) is 48.8 Å². The first-order valence-electron chi connectivity index (χ1n) is 9.25. The van der Waals surface area contributed by atoms with E-state index in [1.807, 2.05) is 6.92 Å². The van der Waals surface area contributed by atoms with Crippen molar-refractivity contribution in [3.05, 3.63) is 35.4 Å². The van der Waals surface area contributed by atoms with Crippen LogP contribution in [0.2, 0.25) is 0 Å². The Labute approximate surface area is 163 Å². The van der Waals surface area contributed by atoms with Crippen LogP contribution < -0.4 is 0 Å². The zero-order valence-corrected chi connectivity index (χ0v) is 16.0. The van der Waals surface area contributed by atoms with E-state index >= 15 is 0 Å². The van der Waals surface area contributed by atoms with Crippen LogP contribution in [0.25, 0.3) is 0 Å². The maximum atomic E-state index is 11.9. The van der Waals surface area contributed by atoms with Gasteiger partial charge in [0.05, 0.1) is 17.7 Å². The lowest BCUT2D eigenvalue weighted by molar-refractivity contribution is -0.145.